The number of carbonyl (C=O) groups is 2. The molecule has 0 aliphatic rings. The fourth-order valence-electron chi connectivity index (χ4n) is 3.37. The maximum absolute atomic E-state index is 13.6. The van der Waals surface area contributed by atoms with Crippen LogP contribution in [0.3, 0.4) is 0 Å². The summed E-state index contributed by atoms with van der Waals surface area (Å²) in [6, 6.07) is 10.4. The monoisotopic (exact) mass is 557 g/mol. The zero-order valence-electron chi connectivity index (χ0n) is 21.1. The molecule has 36 heavy (non-hydrogen) atoms. The molecule has 2 aromatic rings. The van der Waals surface area contributed by atoms with Gasteiger partial charge in [0.15, 0.2) is 0 Å². The van der Waals surface area contributed by atoms with Gasteiger partial charge in [0.25, 0.3) is 0 Å². The maximum atomic E-state index is 13.6. The summed E-state index contributed by atoms with van der Waals surface area (Å²) in [4.78, 5) is 27.8. The summed E-state index contributed by atoms with van der Waals surface area (Å²) in [7, 11) is -3.82. The Labute approximate surface area is 223 Å². The van der Waals surface area contributed by atoms with Gasteiger partial charge in [-0.1, -0.05) is 36.2 Å². The number of amides is 2. The number of nitrogens with one attached hydrogen (secondary N) is 1. The molecular weight excluding hydrogens is 525 g/mol. The van der Waals surface area contributed by atoms with Crippen molar-refractivity contribution in [1.29, 1.82) is 0 Å². The van der Waals surface area contributed by atoms with E-state index in [0.717, 1.165) is 17.0 Å². The van der Waals surface area contributed by atoms with Crippen molar-refractivity contribution in [3.8, 4) is 5.75 Å². The Morgan fingerprint density at radius 3 is 2.19 bits per heavy atom. The highest BCUT2D eigenvalue weighted by Crippen LogP contribution is 2.25. The Bertz CT molecular complexity index is 1160. The van der Waals surface area contributed by atoms with Crippen LogP contribution in [0, 0.1) is 0 Å². The molecule has 0 radical (unpaired) electrons. The number of hydrogen-bond donors (Lipinski definition) is 1. The molecule has 1 N–H and O–H groups in total. The van der Waals surface area contributed by atoms with E-state index >= 15 is 0 Å². The van der Waals surface area contributed by atoms with E-state index in [1.165, 1.54) is 4.90 Å². The molecule has 0 spiro atoms. The first kappa shape index (κ1) is 29.7. The molecule has 0 saturated heterocycles. The van der Waals surface area contributed by atoms with Crippen LogP contribution in [0.4, 0.5) is 5.69 Å². The third kappa shape index (κ3) is 8.28. The van der Waals surface area contributed by atoms with Crippen LogP contribution in [0.2, 0.25) is 10.0 Å². The molecule has 2 aromatic carbocycles. The number of rotatable bonds is 12. The van der Waals surface area contributed by atoms with Crippen molar-refractivity contribution in [2.24, 2.45) is 0 Å². The Balaban J connectivity index is 2.39. The average Bonchev–Trinajstić information content (AvgIpc) is 2.82. The predicted octanol–water partition coefficient (Wildman–Crippen LogP) is 4.49. The number of sulfonamides is 1. The third-order valence-corrected chi connectivity index (χ3v) is 7.50. The molecule has 0 bridgehead atoms. The first-order chi connectivity index (χ1) is 16.9. The zero-order valence-corrected chi connectivity index (χ0v) is 23.5. The summed E-state index contributed by atoms with van der Waals surface area (Å²) < 4.78 is 31.7. The highest BCUT2D eigenvalue weighted by molar-refractivity contribution is 7.92. The van der Waals surface area contributed by atoms with E-state index in [0.29, 0.717) is 33.7 Å². The molecule has 2 rings (SSSR count). The molecule has 0 aliphatic heterocycles. The summed E-state index contributed by atoms with van der Waals surface area (Å²) in [6.07, 6.45) is 1.75. The van der Waals surface area contributed by atoms with Gasteiger partial charge in [0.1, 0.15) is 18.3 Å². The van der Waals surface area contributed by atoms with E-state index in [9.17, 15) is 18.0 Å². The fourth-order valence-corrected chi connectivity index (χ4v) is 4.54. The molecule has 8 nitrogen and oxygen atoms in total. The molecule has 0 aliphatic carbocycles. The van der Waals surface area contributed by atoms with Crippen molar-refractivity contribution in [3.05, 3.63) is 58.1 Å². The summed E-state index contributed by atoms with van der Waals surface area (Å²) >= 11 is 12.2. The zero-order chi connectivity index (χ0) is 27.0. The van der Waals surface area contributed by atoms with Crippen LogP contribution < -0.4 is 14.4 Å². The van der Waals surface area contributed by atoms with Crippen molar-refractivity contribution < 1.29 is 22.7 Å². The molecule has 2 atom stereocenters. The summed E-state index contributed by atoms with van der Waals surface area (Å²) in [5, 5.41) is 3.55. The summed E-state index contributed by atoms with van der Waals surface area (Å²) in [5.74, 6) is -0.311. The number of anilines is 1. The average molecular weight is 559 g/mol. The molecule has 11 heteroatoms. The normalized spacial score (nSPS) is 13.0. The van der Waals surface area contributed by atoms with E-state index in [1.807, 2.05) is 20.8 Å². The fraction of sp³-hybridized carbons (Fsp3) is 0.440. The van der Waals surface area contributed by atoms with Crippen molar-refractivity contribution in [2.75, 3.05) is 23.7 Å². The topological polar surface area (TPSA) is 96.0 Å². The van der Waals surface area contributed by atoms with Crippen molar-refractivity contribution in [2.45, 2.75) is 52.7 Å². The molecule has 0 saturated carbocycles. The largest absolute Gasteiger partial charge is 0.494 e. The van der Waals surface area contributed by atoms with E-state index < -0.39 is 28.5 Å². The van der Waals surface area contributed by atoms with Crippen LogP contribution in [-0.4, -0.2) is 56.6 Å². The van der Waals surface area contributed by atoms with Crippen LogP contribution in [0.15, 0.2) is 42.5 Å². The second kappa shape index (κ2) is 13.2. The number of hydrogen-bond acceptors (Lipinski definition) is 5. The molecular formula is C25H33Cl2N3O5S. The van der Waals surface area contributed by atoms with Crippen LogP contribution >= 0.6 is 23.2 Å². The van der Waals surface area contributed by atoms with Gasteiger partial charge in [-0.3, -0.25) is 13.9 Å². The lowest BCUT2D eigenvalue weighted by Gasteiger charge is -2.32. The van der Waals surface area contributed by atoms with Gasteiger partial charge in [-0.25, -0.2) is 8.42 Å². The van der Waals surface area contributed by atoms with Gasteiger partial charge in [0.05, 0.1) is 28.6 Å². The minimum atomic E-state index is -3.82. The van der Waals surface area contributed by atoms with Crippen LogP contribution in [-0.2, 0) is 26.2 Å². The minimum Gasteiger partial charge on any atom is -0.494 e. The standard InChI is InChI=1S/C25H33Cl2N3O5S/c1-6-17(3)28-25(32)18(4)29(15-19-8-13-22(26)23(27)14-19)24(31)16-30(36(5,33)34)20-9-11-21(12-10-20)35-7-2/h8-14,17-18H,6-7,15-16H2,1-5H3,(H,28,32)/t17-,18-/m0/s1. The Kier molecular flexibility index (Phi) is 10.9. The Morgan fingerprint density at radius 2 is 1.67 bits per heavy atom. The van der Waals surface area contributed by atoms with Crippen LogP contribution in [0.5, 0.6) is 5.75 Å². The Hall–Kier alpha value is -2.49. The molecule has 0 aromatic heterocycles. The second-order valence-corrected chi connectivity index (χ2v) is 11.2. The number of halogens is 2. The number of ether oxygens (including phenoxy) is 1. The van der Waals surface area contributed by atoms with Crippen LogP contribution in [0.1, 0.15) is 39.7 Å². The van der Waals surface area contributed by atoms with Gasteiger partial charge < -0.3 is 15.0 Å². The lowest BCUT2D eigenvalue weighted by Crippen LogP contribution is -2.52. The second-order valence-electron chi connectivity index (χ2n) is 8.46. The van der Waals surface area contributed by atoms with Gasteiger partial charge in [-0.2, -0.15) is 0 Å². The number of nitrogens with zero attached hydrogens (tertiary/aromatic N) is 2. The molecule has 0 unspecified atom stereocenters. The van der Waals surface area contributed by atoms with Gasteiger partial charge in [0, 0.05) is 12.6 Å². The van der Waals surface area contributed by atoms with Gasteiger partial charge >= 0.3 is 0 Å². The highest BCUT2D eigenvalue weighted by Gasteiger charge is 2.30. The van der Waals surface area contributed by atoms with E-state index in [2.05, 4.69) is 5.32 Å². The maximum Gasteiger partial charge on any atom is 0.244 e. The first-order valence-electron chi connectivity index (χ1n) is 11.6. The third-order valence-electron chi connectivity index (χ3n) is 5.62. The molecule has 2 amide bonds. The van der Waals surface area contributed by atoms with Gasteiger partial charge in [0.2, 0.25) is 21.8 Å². The lowest BCUT2D eigenvalue weighted by molar-refractivity contribution is -0.139. The van der Waals surface area contributed by atoms with Crippen LogP contribution in [0.25, 0.3) is 0 Å². The first-order valence-corrected chi connectivity index (χ1v) is 14.2. The van der Waals surface area contributed by atoms with Gasteiger partial charge in [-0.15, -0.1) is 0 Å². The van der Waals surface area contributed by atoms with Crippen molar-refractivity contribution >= 4 is 50.7 Å². The SMILES string of the molecule is CCOc1ccc(N(CC(=O)N(Cc2ccc(Cl)c(Cl)c2)[C@@H](C)C(=O)N[C@@H](C)CC)S(C)(=O)=O)cc1. The van der Waals surface area contributed by atoms with Crippen molar-refractivity contribution in [1.82, 2.24) is 10.2 Å². The lowest BCUT2D eigenvalue weighted by atomic mass is 10.1. The van der Waals surface area contributed by atoms with Crippen molar-refractivity contribution in [3.63, 3.8) is 0 Å². The summed E-state index contributed by atoms with van der Waals surface area (Å²) in [6.45, 7) is 7.27. The highest BCUT2D eigenvalue weighted by atomic mass is 35.5. The van der Waals surface area contributed by atoms with E-state index in [4.69, 9.17) is 27.9 Å². The number of benzene rings is 2. The quantitative estimate of drug-likeness (QED) is 0.414. The molecule has 198 valence electrons. The predicted molar refractivity (Wildman–Crippen MR) is 144 cm³/mol. The molecule has 0 heterocycles. The van der Waals surface area contributed by atoms with E-state index in [1.54, 1.807) is 49.4 Å². The Morgan fingerprint density at radius 1 is 1.03 bits per heavy atom. The minimum absolute atomic E-state index is 0.0334. The van der Waals surface area contributed by atoms with Gasteiger partial charge in [-0.05, 0) is 69.2 Å². The smallest absolute Gasteiger partial charge is 0.244 e. The summed E-state index contributed by atoms with van der Waals surface area (Å²) in [5.41, 5.74) is 0.952. The molecule has 0 fully saturated rings. The number of carbonyl (C=O) groups excluding carboxylic acids is 2. The van der Waals surface area contributed by atoms with E-state index in [-0.39, 0.29) is 18.5 Å².